The highest BCUT2D eigenvalue weighted by Gasteiger charge is 2.21. The molecule has 5 nitrogen and oxygen atoms in total. The number of anilines is 1. The number of nitro groups is 1. The molecule has 92 valence electrons. The molecule has 0 aliphatic carbocycles. The zero-order chi connectivity index (χ0) is 12.4. The summed E-state index contributed by atoms with van der Waals surface area (Å²) in [6.07, 6.45) is 0. The standard InChI is InChI=1S/C12H17N3O2/c1-9-8-14(7-6-13-9)11-4-3-5-12(10(11)2)15(16)17/h3-5,9,13H,6-8H2,1-2H3/t9-/m1/s1. The Balaban J connectivity index is 2.32. The van der Waals surface area contributed by atoms with Crippen LogP contribution in [-0.4, -0.2) is 30.6 Å². The maximum Gasteiger partial charge on any atom is 0.274 e. The molecular formula is C12H17N3O2. The van der Waals surface area contributed by atoms with Crippen molar-refractivity contribution in [1.82, 2.24) is 5.32 Å². The van der Waals surface area contributed by atoms with Gasteiger partial charge in [0, 0.05) is 37.4 Å². The molecule has 17 heavy (non-hydrogen) atoms. The molecule has 2 rings (SSSR count). The molecule has 0 bridgehead atoms. The Hall–Kier alpha value is -1.62. The minimum Gasteiger partial charge on any atom is -0.368 e. The number of benzene rings is 1. The van der Waals surface area contributed by atoms with Gasteiger partial charge in [0.15, 0.2) is 0 Å². The van der Waals surface area contributed by atoms with Gasteiger partial charge < -0.3 is 10.2 Å². The first-order valence-corrected chi connectivity index (χ1v) is 5.82. The topological polar surface area (TPSA) is 58.4 Å². The Morgan fingerprint density at radius 2 is 2.29 bits per heavy atom. The van der Waals surface area contributed by atoms with Gasteiger partial charge in [-0.15, -0.1) is 0 Å². The smallest absolute Gasteiger partial charge is 0.274 e. The van der Waals surface area contributed by atoms with E-state index in [1.54, 1.807) is 12.1 Å². The number of nitrogens with one attached hydrogen (secondary N) is 1. The van der Waals surface area contributed by atoms with Gasteiger partial charge in [0.1, 0.15) is 0 Å². The van der Waals surface area contributed by atoms with E-state index in [0.717, 1.165) is 30.9 Å². The van der Waals surface area contributed by atoms with Crippen molar-refractivity contribution in [3.63, 3.8) is 0 Å². The van der Waals surface area contributed by atoms with Crippen LogP contribution >= 0.6 is 0 Å². The molecule has 1 saturated heterocycles. The van der Waals surface area contributed by atoms with Gasteiger partial charge in [-0.2, -0.15) is 0 Å². The summed E-state index contributed by atoms with van der Waals surface area (Å²) < 4.78 is 0. The fraction of sp³-hybridized carbons (Fsp3) is 0.500. The summed E-state index contributed by atoms with van der Waals surface area (Å²) in [5.41, 5.74) is 1.94. The van der Waals surface area contributed by atoms with Crippen LogP contribution in [0.3, 0.4) is 0 Å². The van der Waals surface area contributed by atoms with Crippen molar-refractivity contribution in [2.24, 2.45) is 0 Å². The fourth-order valence-corrected chi connectivity index (χ4v) is 2.30. The van der Waals surface area contributed by atoms with Gasteiger partial charge in [-0.1, -0.05) is 6.07 Å². The van der Waals surface area contributed by atoms with E-state index in [0.29, 0.717) is 6.04 Å². The van der Waals surface area contributed by atoms with E-state index in [1.165, 1.54) is 0 Å². The van der Waals surface area contributed by atoms with Gasteiger partial charge in [0.25, 0.3) is 5.69 Å². The summed E-state index contributed by atoms with van der Waals surface area (Å²) in [7, 11) is 0. The van der Waals surface area contributed by atoms with Crippen LogP contribution in [0.5, 0.6) is 0 Å². The van der Waals surface area contributed by atoms with Crippen LogP contribution in [0.2, 0.25) is 0 Å². The van der Waals surface area contributed by atoms with Gasteiger partial charge in [-0.25, -0.2) is 0 Å². The van der Waals surface area contributed by atoms with Gasteiger partial charge in [-0.3, -0.25) is 10.1 Å². The van der Waals surface area contributed by atoms with Crippen LogP contribution in [0.1, 0.15) is 12.5 Å². The molecule has 0 amide bonds. The Labute approximate surface area is 101 Å². The highest BCUT2D eigenvalue weighted by Crippen LogP contribution is 2.28. The van der Waals surface area contributed by atoms with Gasteiger partial charge in [-0.05, 0) is 19.9 Å². The molecule has 1 aromatic rings. The highest BCUT2D eigenvalue weighted by atomic mass is 16.6. The average Bonchev–Trinajstić information content (AvgIpc) is 2.29. The molecule has 1 atom stereocenters. The third kappa shape index (κ3) is 2.39. The molecule has 1 aromatic carbocycles. The third-order valence-electron chi connectivity index (χ3n) is 3.18. The predicted octanol–water partition coefficient (Wildman–Crippen LogP) is 1.70. The van der Waals surface area contributed by atoms with Crippen LogP contribution in [0.15, 0.2) is 18.2 Å². The normalized spacial score (nSPS) is 20.4. The van der Waals surface area contributed by atoms with Crippen molar-refractivity contribution in [2.75, 3.05) is 24.5 Å². The number of nitrogens with zero attached hydrogens (tertiary/aromatic N) is 2. The van der Waals surface area contributed by atoms with Crippen LogP contribution in [-0.2, 0) is 0 Å². The van der Waals surface area contributed by atoms with Crippen LogP contribution in [0.25, 0.3) is 0 Å². The van der Waals surface area contributed by atoms with Crippen molar-refractivity contribution < 1.29 is 4.92 Å². The van der Waals surface area contributed by atoms with Crippen molar-refractivity contribution in [3.8, 4) is 0 Å². The molecule has 0 aromatic heterocycles. The summed E-state index contributed by atoms with van der Waals surface area (Å²) in [6.45, 7) is 6.65. The monoisotopic (exact) mass is 235 g/mol. The molecule has 1 N–H and O–H groups in total. The van der Waals surface area contributed by atoms with E-state index in [-0.39, 0.29) is 10.6 Å². The van der Waals surface area contributed by atoms with Crippen LogP contribution in [0, 0.1) is 17.0 Å². The maximum absolute atomic E-state index is 10.9. The summed E-state index contributed by atoms with van der Waals surface area (Å²) in [5.74, 6) is 0. The second-order valence-corrected chi connectivity index (χ2v) is 4.48. The molecular weight excluding hydrogens is 218 g/mol. The van der Waals surface area contributed by atoms with Crippen LogP contribution < -0.4 is 10.2 Å². The van der Waals surface area contributed by atoms with Crippen LogP contribution in [0.4, 0.5) is 11.4 Å². The minimum absolute atomic E-state index is 0.202. The number of hydrogen-bond acceptors (Lipinski definition) is 4. The summed E-state index contributed by atoms with van der Waals surface area (Å²) in [6, 6.07) is 5.69. The van der Waals surface area contributed by atoms with Gasteiger partial charge >= 0.3 is 0 Å². The zero-order valence-electron chi connectivity index (χ0n) is 10.1. The summed E-state index contributed by atoms with van der Waals surface area (Å²) in [5, 5.41) is 14.3. The predicted molar refractivity (Wildman–Crippen MR) is 67.5 cm³/mol. The number of hydrogen-bond donors (Lipinski definition) is 1. The summed E-state index contributed by atoms with van der Waals surface area (Å²) in [4.78, 5) is 12.8. The van der Waals surface area contributed by atoms with Gasteiger partial charge in [0.05, 0.1) is 10.5 Å². The lowest BCUT2D eigenvalue weighted by Gasteiger charge is -2.34. The Morgan fingerprint density at radius 3 is 2.94 bits per heavy atom. The lowest BCUT2D eigenvalue weighted by Crippen LogP contribution is -2.49. The lowest BCUT2D eigenvalue weighted by atomic mass is 10.1. The molecule has 1 fully saturated rings. The van der Waals surface area contributed by atoms with Crippen molar-refractivity contribution in [3.05, 3.63) is 33.9 Å². The summed E-state index contributed by atoms with van der Waals surface area (Å²) >= 11 is 0. The molecule has 1 aliphatic rings. The van der Waals surface area contributed by atoms with Crippen molar-refractivity contribution >= 4 is 11.4 Å². The average molecular weight is 235 g/mol. The number of piperazine rings is 1. The minimum atomic E-state index is -0.315. The molecule has 0 saturated carbocycles. The molecule has 1 heterocycles. The fourth-order valence-electron chi connectivity index (χ4n) is 2.30. The Kier molecular flexibility index (Phi) is 3.28. The van der Waals surface area contributed by atoms with E-state index in [9.17, 15) is 10.1 Å². The first-order chi connectivity index (χ1) is 8.09. The second kappa shape index (κ2) is 4.71. The molecule has 1 aliphatic heterocycles. The highest BCUT2D eigenvalue weighted by molar-refractivity contribution is 5.61. The SMILES string of the molecule is Cc1c(N2CCN[C@H](C)C2)cccc1[N+](=O)[O-]. The second-order valence-electron chi connectivity index (χ2n) is 4.48. The largest absolute Gasteiger partial charge is 0.368 e. The van der Waals surface area contributed by atoms with E-state index in [4.69, 9.17) is 0 Å². The van der Waals surface area contributed by atoms with E-state index in [1.807, 2.05) is 13.0 Å². The van der Waals surface area contributed by atoms with Crippen molar-refractivity contribution in [2.45, 2.75) is 19.9 Å². The third-order valence-corrected chi connectivity index (χ3v) is 3.18. The van der Waals surface area contributed by atoms with Gasteiger partial charge in [0.2, 0.25) is 0 Å². The number of nitro benzene ring substituents is 1. The number of rotatable bonds is 2. The first kappa shape index (κ1) is 11.9. The van der Waals surface area contributed by atoms with Crippen molar-refractivity contribution in [1.29, 1.82) is 0 Å². The molecule has 0 radical (unpaired) electrons. The molecule has 0 spiro atoms. The molecule has 5 heteroatoms. The maximum atomic E-state index is 10.9. The lowest BCUT2D eigenvalue weighted by molar-refractivity contribution is -0.385. The first-order valence-electron chi connectivity index (χ1n) is 5.82. The quantitative estimate of drug-likeness (QED) is 0.626. The van der Waals surface area contributed by atoms with E-state index >= 15 is 0 Å². The Bertz CT molecular complexity index is 434. The molecule has 0 unspecified atom stereocenters. The Morgan fingerprint density at radius 1 is 1.53 bits per heavy atom. The van der Waals surface area contributed by atoms with E-state index < -0.39 is 0 Å². The van der Waals surface area contributed by atoms with E-state index in [2.05, 4.69) is 17.1 Å². The zero-order valence-corrected chi connectivity index (χ0v) is 10.1.